The molecule has 1 unspecified atom stereocenters. The normalized spacial score (nSPS) is 19.2. The number of hydrogen-bond donors (Lipinski definition) is 0. The van der Waals surface area contributed by atoms with Gasteiger partial charge < -0.3 is 0 Å². The Kier molecular flexibility index (Phi) is 4.69. The van der Waals surface area contributed by atoms with Crippen LogP contribution in [-0.2, 0) is 4.57 Å². The maximum absolute atomic E-state index is 14.1. The molecule has 0 amide bonds. The van der Waals surface area contributed by atoms with Crippen molar-refractivity contribution in [3.05, 3.63) is 84.9 Å². The second-order valence-electron chi connectivity index (χ2n) is 7.95. The molecule has 1 atom stereocenters. The van der Waals surface area contributed by atoms with Crippen molar-refractivity contribution in [1.29, 1.82) is 0 Å². The van der Waals surface area contributed by atoms with E-state index in [1.54, 1.807) is 0 Å². The van der Waals surface area contributed by atoms with Crippen molar-refractivity contribution in [3.8, 4) is 22.6 Å². The molecule has 3 nitrogen and oxygen atoms in total. The van der Waals surface area contributed by atoms with E-state index in [2.05, 4.69) is 36.4 Å². The van der Waals surface area contributed by atoms with E-state index in [1.807, 2.05) is 48.5 Å². The Bertz CT molecular complexity index is 1300. The van der Waals surface area contributed by atoms with Crippen LogP contribution in [0.25, 0.3) is 32.7 Å². The molecule has 0 fully saturated rings. The van der Waals surface area contributed by atoms with Crippen LogP contribution in [0.5, 0.6) is 11.5 Å². The van der Waals surface area contributed by atoms with Crippen molar-refractivity contribution in [2.75, 3.05) is 0 Å². The number of allylic oxidation sites excluding steroid dienone is 2. The molecule has 0 saturated heterocycles. The second-order valence-corrected chi connectivity index (χ2v) is 14.8. The van der Waals surface area contributed by atoms with Crippen LogP contribution in [0, 0.1) is 0 Å². The predicted octanol–water partition coefficient (Wildman–Crippen LogP) is 7.77. The SMILES string of the molecule is O=P1([Se]C2C=CCCC2)Oc2ccc3ccccc3c2-c2c(ccc3ccccc23)O1. The van der Waals surface area contributed by atoms with Crippen LogP contribution in [0.15, 0.2) is 84.9 Å². The summed E-state index contributed by atoms with van der Waals surface area (Å²) in [5.74, 6) is 1.30. The summed E-state index contributed by atoms with van der Waals surface area (Å²) in [6.07, 6.45) is 4.33. The van der Waals surface area contributed by atoms with Crippen LogP contribution in [0.3, 0.4) is 0 Å². The molecule has 4 aromatic carbocycles. The fraction of sp³-hybridized carbons (Fsp3) is 0.154. The molecule has 0 N–H and O–H groups in total. The van der Waals surface area contributed by atoms with Crippen molar-refractivity contribution in [3.63, 3.8) is 0 Å². The summed E-state index contributed by atoms with van der Waals surface area (Å²) in [6.45, 7) is 0. The monoisotopic (exact) mass is 492 g/mol. The van der Waals surface area contributed by atoms with E-state index in [9.17, 15) is 4.57 Å². The Balaban J connectivity index is 1.62. The van der Waals surface area contributed by atoms with E-state index in [0.717, 1.165) is 51.9 Å². The summed E-state index contributed by atoms with van der Waals surface area (Å²) in [5.41, 5.74) is 1.94. The van der Waals surface area contributed by atoms with Crippen LogP contribution >= 0.6 is 6.29 Å². The van der Waals surface area contributed by atoms with Gasteiger partial charge in [0.05, 0.1) is 0 Å². The topological polar surface area (TPSA) is 35.5 Å². The molecule has 5 heteroatoms. The molecular formula is C26H21O3PSe. The van der Waals surface area contributed by atoms with Gasteiger partial charge in [-0.15, -0.1) is 0 Å². The zero-order chi connectivity index (χ0) is 20.8. The van der Waals surface area contributed by atoms with Crippen molar-refractivity contribution >= 4 is 42.3 Å². The van der Waals surface area contributed by atoms with Crippen LogP contribution in [0.2, 0.25) is 4.82 Å². The van der Waals surface area contributed by atoms with Crippen molar-refractivity contribution in [1.82, 2.24) is 0 Å². The molecule has 1 heterocycles. The second kappa shape index (κ2) is 7.57. The van der Waals surface area contributed by atoms with Gasteiger partial charge in [0.15, 0.2) is 0 Å². The first kappa shape index (κ1) is 19.2. The van der Waals surface area contributed by atoms with E-state index >= 15 is 0 Å². The molecule has 0 radical (unpaired) electrons. The maximum atomic E-state index is 14.1. The summed E-state index contributed by atoms with van der Waals surface area (Å²) in [7, 11) is 0. The molecule has 1 aliphatic heterocycles. The first-order chi connectivity index (χ1) is 15.2. The summed E-state index contributed by atoms with van der Waals surface area (Å²) in [4.78, 5) is 0.276. The van der Waals surface area contributed by atoms with Gasteiger partial charge in [0, 0.05) is 0 Å². The molecule has 6 rings (SSSR count). The fourth-order valence-electron chi connectivity index (χ4n) is 4.51. The van der Waals surface area contributed by atoms with Gasteiger partial charge in [-0.25, -0.2) is 0 Å². The average molecular weight is 491 g/mol. The first-order valence-corrected chi connectivity index (χ1v) is 15.3. The molecule has 1 aliphatic carbocycles. The Morgan fingerprint density at radius 3 is 1.90 bits per heavy atom. The van der Waals surface area contributed by atoms with Crippen LogP contribution < -0.4 is 9.05 Å². The number of fused-ring (bicyclic) bond motifs is 7. The zero-order valence-corrected chi connectivity index (χ0v) is 19.5. The zero-order valence-electron chi connectivity index (χ0n) is 16.9. The van der Waals surface area contributed by atoms with Gasteiger partial charge >= 0.3 is 188 Å². The fourth-order valence-corrected chi connectivity index (χ4v) is 11.3. The van der Waals surface area contributed by atoms with Crippen molar-refractivity contribution in [2.24, 2.45) is 0 Å². The van der Waals surface area contributed by atoms with E-state index < -0.39 is 6.29 Å². The number of hydrogen-bond acceptors (Lipinski definition) is 3. The third-order valence-corrected chi connectivity index (χ3v) is 12.4. The third-order valence-electron chi connectivity index (χ3n) is 5.93. The van der Waals surface area contributed by atoms with Crippen LogP contribution in [0.4, 0.5) is 0 Å². The van der Waals surface area contributed by atoms with Gasteiger partial charge in [-0.05, 0) is 0 Å². The van der Waals surface area contributed by atoms with Crippen molar-refractivity contribution < 1.29 is 13.6 Å². The molecule has 0 aromatic heterocycles. The Labute approximate surface area is 187 Å². The summed E-state index contributed by atoms with van der Waals surface area (Å²) in [5, 5.41) is 4.42. The Hall–Kier alpha value is -2.51. The minimum absolute atomic E-state index is 0.276. The van der Waals surface area contributed by atoms with Gasteiger partial charge in [0.1, 0.15) is 0 Å². The summed E-state index contributed by atoms with van der Waals surface area (Å²) >= 11 is -0.305. The van der Waals surface area contributed by atoms with Crippen LogP contribution in [-0.4, -0.2) is 14.5 Å². The molecule has 4 aromatic rings. The van der Waals surface area contributed by atoms with E-state index in [0.29, 0.717) is 11.5 Å². The minimum atomic E-state index is -3.33. The van der Waals surface area contributed by atoms with Gasteiger partial charge in [0.25, 0.3) is 0 Å². The van der Waals surface area contributed by atoms with Crippen LogP contribution in [0.1, 0.15) is 19.3 Å². The molecule has 0 spiro atoms. The third kappa shape index (κ3) is 3.40. The molecule has 0 saturated carbocycles. The standard InChI is InChI=1S/C26H21O3PSe/c27-30(31-20-10-2-1-3-11-20)28-23-16-14-18-8-4-6-12-21(18)25(23)26-22-13-7-5-9-19(22)15-17-24(26)29-30/h2,4-10,12-17,20H,1,3,11H2. The van der Waals surface area contributed by atoms with Crippen molar-refractivity contribution in [2.45, 2.75) is 24.1 Å². The van der Waals surface area contributed by atoms with Gasteiger partial charge in [0.2, 0.25) is 0 Å². The number of benzene rings is 4. The average Bonchev–Trinajstić information content (AvgIpc) is 2.93. The Morgan fingerprint density at radius 1 is 0.774 bits per heavy atom. The summed E-state index contributed by atoms with van der Waals surface area (Å²) < 4.78 is 26.7. The Morgan fingerprint density at radius 2 is 1.35 bits per heavy atom. The predicted molar refractivity (Wildman–Crippen MR) is 128 cm³/mol. The first-order valence-electron chi connectivity index (χ1n) is 10.6. The molecular weight excluding hydrogens is 470 g/mol. The molecule has 2 aliphatic rings. The van der Waals surface area contributed by atoms with E-state index in [1.165, 1.54) is 0 Å². The van der Waals surface area contributed by atoms with Gasteiger partial charge in [-0.2, -0.15) is 0 Å². The molecule has 0 bridgehead atoms. The van der Waals surface area contributed by atoms with E-state index in [-0.39, 0.29) is 19.3 Å². The summed E-state index contributed by atoms with van der Waals surface area (Å²) in [6, 6.07) is 24.6. The molecule has 31 heavy (non-hydrogen) atoms. The quantitative estimate of drug-likeness (QED) is 0.163. The number of rotatable bonds is 2. The van der Waals surface area contributed by atoms with Gasteiger partial charge in [-0.3, -0.25) is 0 Å². The molecule has 154 valence electrons. The van der Waals surface area contributed by atoms with E-state index in [4.69, 9.17) is 9.05 Å². The van der Waals surface area contributed by atoms with Gasteiger partial charge in [-0.1, -0.05) is 0 Å².